The maximum atomic E-state index is 13.5. The van der Waals surface area contributed by atoms with Gasteiger partial charge in [-0.05, 0) is 74.5 Å². The van der Waals surface area contributed by atoms with Crippen LogP contribution in [0.25, 0.3) is 0 Å². The van der Waals surface area contributed by atoms with Crippen LogP contribution >= 0.6 is 23.2 Å². The van der Waals surface area contributed by atoms with Gasteiger partial charge in [0.1, 0.15) is 0 Å². The number of carbonyl (C=O) groups excluding carboxylic acids is 2. The molecule has 1 saturated heterocycles. The van der Waals surface area contributed by atoms with E-state index in [2.05, 4.69) is 0 Å². The van der Waals surface area contributed by atoms with Gasteiger partial charge >= 0.3 is 0 Å². The zero-order chi connectivity index (χ0) is 19.5. The van der Waals surface area contributed by atoms with Gasteiger partial charge in [-0.25, -0.2) is 0 Å². The molecule has 0 aromatic heterocycles. The predicted octanol–water partition coefficient (Wildman–Crippen LogP) is 4.49. The smallest absolute Gasteiger partial charge is 0.254 e. The summed E-state index contributed by atoms with van der Waals surface area (Å²) >= 11 is 12.0. The van der Waals surface area contributed by atoms with Crippen molar-refractivity contribution in [1.29, 1.82) is 0 Å². The van der Waals surface area contributed by atoms with Gasteiger partial charge in [-0.2, -0.15) is 0 Å². The Morgan fingerprint density at radius 3 is 1.89 bits per heavy atom. The summed E-state index contributed by atoms with van der Waals surface area (Å²) in [5.74, 6) is 2.64. The Hall–Kier alpha value is -1.26. The summed E-state index contributed by atoms with van der Waals surface area (Å²) in [5.41, 5.74) is 0.459. The number of rotatable bonds is 2. The standard InChI is InChI=1S/C22H26Cl2N2O2/c23-18-2-1-17(10-19(18)24)20(27)25-3-5-26(6-4-25)21(28)22-11-14-7-15(12-22)9-16(8-14)13-22/h1-2,10,14-16H,3-9,11-13H2. The maximum absolute atomic E-state index is 13.5. The number of benzene rings is 1. The van der Waals surface area contributed by atoms with Crippen LogP contribution in [0.15, 0.2) is 18.2 Å². The second kappa shape index (κ2) is 6.91. The number of nitrogens with zero attached hydrogens (tertiary/aromatic N) is 2. The fraction of sp³-hybridized carbons (Fsp3) is 0.636. The molecule has 6 rings (SSSR count). The van der Waals surface area contributed by atoms with E-state index in [0.29, 0.717) is 47.7 Å². The summed E-state index contributed by atoms with van der Waals surface area (Å²) < 4.78 is 0. The Bertz CT molecular complexity index is 781. The number of halogens is 2. The molecule has 6 heteroatoms. The van der Waals surface area contributed by atoms with Crippen molar-refractivity contribution in [1.82, 2.24) is 9.80 Å². The minimum absolute atomic E-state index is 0.0412. The van der Waals surface area contributed by atoms with E-state index in [1.807, 2.05) is 9.80 Å². The molecule has 4 aliphatic carbocycles. The number of carbonyl (C=O) groups is 2. The molecule has 4 saturated carbocycles. The van der Waals surface area contributed by atoms with Crippen LogP contribution in [0.1, 0.15) is 48.9 Å². The average molecular weight is 421 g/mol. The summed E-state index contributed by atoms with van der Waals surface area (Å²) in [4.78, 5) is 30.1. The molecular weight excluding hydrogens is 395 g/mol. The van der Waals surface area contributed by atoms with Crippen LogP contribution in [-0.4, -0.2) is 47.8 Å². The van der Waals surface area contributed by atoms with E-state index in [0.717, 1.165) is 37.0 Å². The second-order valence-electron chi connectivity index (χ2n) is 9.41. The average Bonchev–Trinajstić information content (AvgIpc) is 2.68. The van der Waals surface area contributed by atoms with Crippen LogP contribution < -0.4 is 0 Å². The van der Waals surface area contributed by atoms with Crippen molar-refractivity contribution >= 4 is 35.0 Å². The molecule has 1 aromatic rings. The van der Waals surface area contributed by atoms with Crippen LogP contribution in [0, 0.1) is 23.2 Å². The molecule has 28 heavy (non-hydrogen) atoms. The van der Waals surface area contributed by atoms with Crippen LogP contribution in [0.2, 0.25) is 10.0 Å². The third-order valence-corrected chi connectivity index (χ3v) is 8.25. The van der Waals surface area contributed by atoms with Crippen molar-refractivity contribution in [2.45, 2.75) is 38.5 Å². The first-order chi connectivity index (χ1) is 13.4. The quantitative estimate of drug-likeness (QED) is 0.706. The molecule has 5 aliphatic rings. The Morgan fingerprint density at radius 1 is 0.821 bits per heavy atom. The van der Waals surface area contributed by atoms with Gasteiger partial charge in [0.2, 0.25) is 5.91 Å². The van der Waals surface area contributed by atoms with Crippen LogP contribution in [0.5, 0.6) is 0 Å². The van der Waals surface area contributed by atoms with Crippen molar-refractivity contribution in [3.8, 4) is 0 Å². The third kappa shape index (κ3) is 3.13. The highest BCUT2D eigenvalue weighted by Gasteiger charge is 2.55. The fourth-order valence-electron chi connectivity index (χ4n) is 6.63. The lowest BCUT2D eigenvalue weighted by Gasteiger charge is -2.57. The minimum atomic E-state index is -0.0926. The molecule has 5 fully saturated rings. The van der Waals surface area contributed by atoms with Gasteiger partial charge in [0, 0.05) is 31.7 Å². The fourth-order valence-corrected chi connectivity index (χ4v) is 6.93. The second-order valence-corrected chi connectivity index (χ2v) is 10.2. The van der Waals surface area contributed by atoms with Crippen LogP contribution in [-0.2, 0) is 4.79 Å². The van der Waals surface area contributed by atoms with Crippen molar-refractivity contribution < 1.29 is 9.59 Å². The molecule has 4 nitrogen and oxygen atoms in total. The van der Waals surface area contributed by atoms with Gasteiger partial charge in [-0.1, -0.05) is 23.2 Å². The minimum Gasteiger partial charge on any atom is -0.339 e. The lowest BCUT2D eigenvalue weighted by Crippen LogP contribution is -2.58. The van der Waals surface area contributed by atoms with E-state index in [1.54, 1.807) is 18.2 Å². The van der Waals surface area contributed by atoms with E-state index in [-0.39, 0.29) is 11.3 Å². The van der Waals surface area contributed by atoms with Gasteiger partial charge in [-0.15, -0.1) is 0 Å². The highest BCUT2D eigenvalue weighted by molar-refractivity contribution is 6.42. The van der Waals surface area contributed by atoms with Crippen molar-refractivity contribution in [3.63, 3.8) is 0 Å². The topological polar surface area (TPSA) is 40.6 Å². The predicted molar refractivity (Wildman–Crippen MR) is 110 cm³/mol. The van der Waals surface area contributed by atoms with Crippen molar-refractivity contribution in [2.24, 2.45) is 23.2 Å². The molecule has 1 aliphatic heterocycles. The maximum Gasteiger partial charge on any atom is 0.254 e. The van der Waals surface area contributed by atoms with Gasteiger partial charge in [0.05, 0.1) is 15.5 Å². The highest BCUT2D eigenvalue weighted by Crippen LogP contribution is 2.60. The summed E-state index contributed by atoms with van der Waals surface area (Å²) in [7, 11) is 0. The zero-order valence-corrected chi connectivity index (χ0v) is 17.5. The first-order valence-electron chi connectivity index (χ1n) is 10.5. The molecule has 150 valence electrons. The van der Waals surface area contributed by atoms with Crippen LogP contribution in [0.3, 0.4) is 0 Å². The number of amides is 2. The largest absolute Gasteiger partial charge is 0.339 e. The Kier molecular flexibility index (Phi) is 4.63. The first kappa shape index (κ1) is 18.7. The van der Waals surface area contributed by atoms with E-state index >= 15 is 0 Å². The molecule has 4 bridgehead atoms. The normalized spacial score (nSPS) is 34.0. The molecule has 0 spiro atoms. The number of piperazine rings is 1. The summed E-state index contributed by atoms with van der Waals surface area (Å²) in [6.07, 6.45) is 7.33. The van der Waals surface area contributed by atoms with Gasteiger partial charge in [0.25, 0.3) is 5.91 Å². The molecule has 1 heterocycles. The molecule has 2 amide bonds. The van der Waals surface area contributed by atoms with Crippen molar-refractivity contribution in [3.05, 3.63) is 33.8 Å². The summed E-state index contributed by atoms with van der Waals surface area (Å²) in [6.45, 7) is 2.43. The Labute approximate surface area is 176 Å². The SMILES string of the molecule is O=C(c1ccc(Cl)c(Cl)c1)N1CCN(C(=O)C23CC4CC(CC(C4)C2)C3)CC1. The lowest BCUT2D eigenvalue weighted by molar-refractivity contribution is -0.159. The van der Waals surface area contributed by atoms with E-state index in [4.69, 9.17) is 23.2 Å². The number of hydrogen-bond acceptors (Lipinski definition) is 2. The van der Waals surface area contributed by atoms with E-state index in [1.165, 1.54) is 19.3 Å². The summed E-state index contributed by atoms with van der Waals surface area (Å²) in [6, 6.07) is 4.99. The molecule has 0 atom stereocenters. The molecule has 0 N–H and O–H groups in total. The third-order valence-electron chi connectivity index (χ3n) is 7.51. The zero-order valence-electron chi connectivity index (χ0n) is 16.0. The summed E-state index contributed by atoms with van der Waals surface area (Å²) in [5, 5.41) is 0.840. The molecule has 1 aromatic carbocycles. The Balaban J connectivity index is 1.24. The monoisotopic (exact) mass is 420 g/mol. The van der Waals surface area contributed by atoms with Gasteiger partial charge < -0.3 is 9.80 Å². The lowest BCUT2D eigenvalue weighted by atomic mass is 9.49. The van der Waals surface area contributed by atoms with Gasteiger partial charge in [0.15, 0.2) is 0 Å². The first-order valence-corrected chi connectivity index (χ1v) is 11.2. The highest BCUT2D eigenvalue weighted by atomic mass is 35.5. The van der Waals surface area contributed by atoms with E-state index in [9.17, 15) is 9.59 Å². The number of hydrogen-bond donors (Lipinski definition) is 0. The Morgan fingerprint density at radius 2 is 1.36 bits per heavy atom. The van der Waals surface area contributed by atoms with Crippen LogP contribution in [0.4, 0.5) is 0 Å². The molecular formula is C22H26Cl2N2O2. The molecule has 0 unspecified atom stereocenters. The molecule has 0 radical (unpaired) electrons. The van der Waals surface area contributed by atoms with Gasteiger partial charge in [-0.3, -0.25) is 9.59 Å². The van der Waals surface area contributed by atoms with Crippen molar-refractivity contribution in [2.75, 3.05) is 26.2 Å². The van der Waals surface area contributed by atoms with E-state index < -0.39 is 0 Å².